The summed E-state index contributed by atoms with van der Waals surface area (Å²) in [5, 5.41) is 11.4. The minimum atomic E-state index is 0.104. The summed E-state index contributed by atoms with van der Waals surface area (Å²) >= 11 is 1.64. The standard InChI is InChI=1S/C11H15N5S/c1-11(2)3-6(12)9-7(4-11)14-10(17-9)8-5-13-16-15-8/h5-6H,3-4,12H2,1-2H3,(H,13,15,16). The molecule has 3 rings (SSSR count). The van der Waals surface area contributed by atoms with Crippen LogP contribution in [-0.2, 0) is 6.42 Å². The van der Waals surface area contributed by atoms with Crippen LogP contribution < -0.4 is 5.73 Å². The Balaban J connectivity index is 2.04. The van der Waals surface area contributed by atoms with Crippen LogP contribution in [0.25, 0.3) is 10.7 Å². The van der Waals surface area contributed by atoms with Crippen molar-refractivity contribution in [1.82, 2.24) is 20.4 Å². The Labute approximate surface area is 103 Å². The number of fused-ring (bicyclic) bond motifs is 1. The molecule has 0 aromatic carbocycles. The van der Waals surface area contributed by atoms with E-state index in [-0.39, 0.29) is 11.5 Å². The molecule has 0 saturated carbocycles. The fraction of sp³-hybridized carbons (Fsp3) is 0.545. The van der Waals surface area contributed by atoms with Gasteiger partial charge in [-0.1, -0.05) is 13.8 Å². The number of rotatable bonds is 1. The molecular formula is C11H15N5S. The molecule has 0 bridgehead atoms. The zero-order valence-corrected chi connectivity index (χ0v) is 10.7. The lowest BCUT2D eigenvalue weighted by molar-refractivity contribution is 0.282. The molecule has 5 nitrogen and oxygen atoms in total. The summed E-state index contributed by atoms with van der Waals surface area (Å²) in [6.45, 7) is 4.48. The summed E-state index contributed by atoms with van der Waals surface area (Å²) in [7, 11) is 0. The van der Waals surface area contributed by atoms with Crippen LogP contribution in [0.15, 0.2) is 6.20 Å². The molecule has 0 aliphatic heterocycles. The molecule has 1 aliphatic carbocycles. The highest BCUT2D eigenvalue weighted by atomic mass is 32.1. The summed E-state index contributed by atoms with van der Waals surface area (Å²) in [4.78, 5) is 5.87. The predicted molar refractivity (Wildman–Crippen MR) is 66.5 cm³/mol. The molecule has 6 heteroatoms. The minimum absolute atomic E-state index is 0.104. The molecule has 90 valence electrons. The van der Waals surface area contributed by atoms with Crippen molar-refractivity contribution in [2.45, 2.75) is 32.7 Å². The van der Waals surface area contributed by atoms with Crippen LogP contribution in [0.2, 0.25) is 0 Å². The number of aromatic amines is 1. The van der Waals surface area contributed by atoms with Crippen molar-refractivity contribution in [2.75, 3.05) is 0 Å². The van der Waals surface area contributed by atoms with Crippen molar-refractivity contribution in [2.24, 2.45) is 11.1 Å². The van der Waals surface area contributed by atoms with Crippen LogP contribution in [0.1, 0.15) is 36.9 Å². The number of thiazole rings is 1. The van der Waals surface area contributed by atoms with E-state index in [1.54, 1.807) is 17.5 Å². The van der Waals surface area contributed by atoms with Crippen molar-refractivity contribution in [1.29, 1.82) is 0 Å². The van der Waals surface area contributed by atoms with Crippen LogP contribution >= 0.6 is 11.3 Å². The van der Waals surface area contributed by atoms with Gasteiger partial charge in [0.2, 0.25) is 0 Å². The van der Waals surface area contributed by atoms with Crippen molar-refractivity contribution < 1.29 is 0 Å². The van der Waals surface area contributed by atoms with Gasteiger partial charge in [0.1, 0.15) is 10.7 Å². The lowest BCUT2D eigenvalue weighted by atomic mass is 9.77. The summed E-state index contributed by atoms with van der Waals surface area (Å²) < 4.78 is 0. The van der Waals surface area contributed by atoms with Crippen molar-refractivity contribution >= 4 is 11.3 Å². The first-order valence-corrected chi connectivity index (χ1v) is 6.48. The molecule has 0 spiro atoms. The highest BCUT2D eigenvalue weighted by molar-refractivity contribution is 7.15. The Morgan fingerprint density at radius 3 is 3.06 bits per heavy atom. The van der Waals surface area contributed by atoms with Gasteiger partial charge in [-0.15, -0.1) is 11.3 Å². The monoisotopic (exact) mass is 249 g/mol. The largest absolute Gasteiger partial charge is 0.323 e. The molecule has 1 atom stereocenters. The van der Waals surface area contributed by atoms with E-state index in [2.05, 4.69) is 34.2 Å². The van der Waals surface area contributed by atoms with Gasteiger partial charge in [-0.2, -0.15) is 15.4 Å². The molecule has 0 radical (unpaired) electrons. The van der Waals surface area contributed by atoms with E-state index in [1.807, 2.05) is 0 Å². The second-order valence-electron chi connectivity index (χ2n) is 5.34. The Kier molecular flexibility index (Phi) is 2.31. The second kappa shape index (κ2) is 3.61. The lowest BCUT2D eigenvalue weighted by Gasteiger charge is -2.32. The van der Waals surface area contributed by atoms with E-state index in [4.69, 9.17) is 5.73 Å². The normalized spacial score (nSPS) is 22.4. The molecule has 0 saturated heterocycles. The Hall–Kier alpha value is -1.27. The van der Waals surface area contributed by atoms with Crippen molar-refractivity contribution in [3.63, 3.8) is 0 Å². The summed E-state index contributed by atoms with van der Waals surface area (Å²) in [6.07, 6.45) is 3.70. The van der Waals surface area contributed by atoms with Crippen LogP contribution in [0, 0.1) is 5.41 Å². The Morgan fingerprint density at radius 2 is 2.35 bits per heavy atom. The lowest BCUT2D eigenvalue weighted by Crippen LogP contribution is -2.28. The average Bonchev–Trinajstić information content (AvgIpc) is 2.81. The third-order valence-corrected chi connectivity index (χ3v) is 4.37. The summed E-state index contributed by atoms with van der Waals surface area (Å²) in [5.41, 5.74) is 8.39. The molecule has 2 heterocycles. The van der Waals surface area contributed by atoms with E-state index in [9.17, 15) is 0 Å². The molecule has 2 aromatic heterocycles. The smallest absolute Gasteiger partial charge is 0.145 e. The number of H-pyrrole nitrogens is 1. The van der Waals surface area contributed by atoms with Crippen LogP contribution in [0.3, 0.4) is 0 Å². The number of nitrogens with zero attached hydrogens (tertiary/aromatic N) is 3. The molecule has 1 aliphatic rings. The SMILES string of the molecule is CC1(C)Cc2nc(-c3cn[nH]n3)sc2C(N)C1. The first-order valence-electron chi connectivity index (χ1n) is 5.66. The van der Waals surface area contributed by atoms with Crippen molar-refractivity contribution in [3.05, 3.63) is 16.8 Å². The van der Waals surface area contributed by atoms with Gasteiger partial charge in [0.15, 0.2) is 0 Å². The summed E-state index contributed by atoms with van der Waals surface area (Å²) in [5.74, 6) is 0. The highest BCUT2D eigenvalue weighted by Crippen LogP contribution is 2.43. The third-order valence-electron chi connectivity index (χ3n) is 3.12. The Bertz CT molecular complexity index is 528. The van der Waals surface area contributed by atoms with Crippen molar-refractivity contribution in [3.8, 4) is 10.7 Å². The number of nitrogens with one attached hydrogen (secondary N) is 1. The quantitative estimate of drug-likeness (QED) is 0.809. The summed E-state index contributed by atoms with van der Waals surface area (Å²) in [6, 6.07) is 0.104. The number of nitrogens with two attached hydrogens (primary N) is 1. The van der Waals surface area contributed by atoms with E-state index < -0.39 is 0 Å². The van der Waals surface area contributed by atoms with Crippen LogP contribution in [-0.4, -0.2) is 20.4 Å². The van der Waals surface area contributed by atoms with Crippen LogP contribution in [0.4, 0.5) is 0 Å². The van der Waals surface area contributed by atoms with Gasteiger partial charge in [-0.25, -0.2) is 4.98 Å². The topological polar surface area (TPSA) is 80.5 Å². The van der Waals surface area contributed by atoms with Crippen LogP contribution in [0.5, 0.6) is 0 Å². The third kappa shape index (κ3) is 1.87. The first-order chi connectivity index (χ1) is 8.05. The highest BCUT2D eigenvalue weighted by Gasteiger charge is 2.33. The predicted octanol–water partition coefficient (Wildman–Crippen LogP) is 1.90. The van der Waals surface area contributed by atoms with Gasteiger partial charge in [0.05, 0.1) is 11.9 Å². The Morgan fingerprint density at radius 1 is 1.53 bits per heavy atom. The minimum Gasteiger partial charge on any atom is -0.323 e. The van der Waals surface area contributed by atoms with Gasteiger partial charge in [0.25, 0.3) is 0 Å². The van der Waals surface area contributed by atoms with E-state index >= 15 is 0 Å². The average molecular weight is 249 g/mol. The van der Waals surface area contributed by atoms with Gasteiger partial charge >= 0.3 is 0 Å². The molecule has 1 unspecified atom stereocenters. The maximum Gasteiger partial charge on any atom is 0.145 e. The van der Waals surface area contributed by atoms with Gasteiger partial charge in [-0.3, -0.25) is 0 Å². The van der Waals surface area contributed by atoms with E-state index in [0.717, 1.165) is 29.2 Å². The number of hydrogen-bond donors (Lipinski definition) is 2. The fourth-order valence-electron chi connectivity index (χ4n) is 2.41. The van der Waals surface area contributed by atoms with E-state index in [1.165, 1.54) is 4.88 Å². The molecule has 2 aromatic rings. The van der Waals surface area contributed by atoms with Gasteiger partial charge < -0.3 is 5.73 Å². The molecule has 0 fully saturated rings. The van der Waals surface area contributed by atoms with E-state index in [0.29, 0.717) is 0 Å². The fourth-order valence-corrected chi connectivity index (χ4v) is 3.44. The zero-order valence-electron chi connectivity index (χ0n) is 9.90. The number of hydrogen-bond acceptors (Lipinski definition) is 5. The number of aromatic nitrogens is 4. The molecule has 17 heavy (non-hydrogen) atoms. The van der Waals surface area contributed by atoms with Gasteiger partial charge in [-0.05, 0) is 18.3 Å². The second-order valence-corrected chi connectivity index (χ2v) is 6.37. The van der Waals surface area contributed by atoms with Gasteiger partial charge in [0, 0.05) is 10.9 Å². The molecule has 0 amide bonds. The molecular weight excluding hydrogens is 234 g/mol. The maximum atomic E-state index is 6.22. The first kappa shape index (κ1) is 10.9. The molecule has 3 N–H and O–H groups in total. The maximum absolute atomic E-state index is 6.22. The zero-order chi connectivity index (χ0) is 12.0.